The monoisotopic (exact) mass is 288 g/mol. The molecule has 0 amide bonds. The molecule has 2 heterocycles. The van der Waals surface area contributed by atoms with Crippen LogP contribution in [0.25, 0.3) is 0 Å². The summed E-state index contributed by atoms with van der Waals surface area (Å²) in [5.74, 6) is -4.31. The number of esters is 2. The van der Waals surface area contributed by atoms with E-state index in [1.165, 1.54) is 0 Å². The highest BCUT2D eigenvalue weighted by Gasteiger charge is 2.62. The molecule has 0 aliphatic carbocycles. The smallest absolute Gasteiger partial charge is 0.327 e. The maximum Gasteiger partial charge on any atom is 0.327 e. The average molecular weight is 288 g/mol. The second-order valence-corrected chi connectivity index (χ2v) is 5.04. The van der Waals surface area contributed by atoms with E-state index in [-0.39, 0.29) is 13.2 Å². The number of hydrogen-bond acceptors (Lipinski definition) is 8. The third-order valence-corrected chi connectivity index (χ3v) is 3.51. The summed E-state index contributed by atoms with van der Waals surface area (Å²) in [6.45, 7) is 1.69. The lowest BCUT2D eigenvalue weighted by Crippen LogP contribution is -2.55. The molecule has 8 heteroatoms. The highest BCUT2D eigenvalue weighted by molar-refractivity contribution is 6.02. The maximum atomic E-state index is 11.9. The normalized spacial score (nSPS) is 37.3. The fourth-order valence-electron chi connectivity index (χ4n) is 2.70. The summed E-state index contributed by atoms with van der Waals surface area (Å²) in [4.78, 5) is 34.4. The molecule has 112 valence electrons. The summed E-state index contributed by atoms with van der Waals surface area (Å²) in [6.07, 6.45) is -2.77. The van der Waals surface area contributed by atoms with Crippen molar-refractivity contribution in [3.63, 3.8) is 0 Å². The molecule has 2 N–H and O–H groups in total. The van der Waals surface area contributed by atoms with E-state index in [0.29, 0.717) is 0 Å². The third-order valence-electron chi connectivity index (χ3n) is 3.51. The molecule has 2 rings (SSSR count). The minimum absolute atomic E-state index is 0.0655. The summed E-state index contributed by atoms with van der Waals surface area (Å²) >= 11 is 0. The summed E-state index contributed by atoms with van der Waals surface area (Å²) in [6, 6.07) is 0. The zero-order valence-corrected chi connectivity index (χ0v) is 11.1. The Kier molecular flexibility index (Phi) is 3.92. The van der Waals surface area contributed by atoms with Crippen LogP contribution in [0.2, 0.25) is 0 Å². The first kappa shape index (κ1) is 15.0. The van der Waals surface area contributed by atoms with Crippen molar-refractivity contribution in [2.24, 2.45) is 5.92 Å². The van der Waals surface area contributed by atoms with Crippen LogP contribution in [0.15, 0.2) is 0 Å². The molecule has 0 radical (unpaired) electrons. The summed E-state index contributed by atoms with van der Waals surface area (Å²) in [7, 11) is 0. The minimum atomic E-state index is -1.96. The molecule has 0 spiro atoms. The van der Waals surface area contributed by atoms with Gasteiger partial charge in [0.1, 0.15) is 35.6 Å². The number of hydrogen-bond donors (Lipinski definition) is 2. The van der Waals surface area contributed by atoms with Crippen LogP contribution in [0.3, 0.4) is 0 Å². The van der Waals surface area contributed by atoms with Crippen LogP contribution in [0.5, 0.6) is 0 Å². The lowest BCUT2D eigenvalue weighted by atomic mass is 9.80. The Morgan fingerprint density at radius 1 is 1.30 bits per heavy atom. The molecular formula is C12H16O8. The molecule has 2 aliphatic rings. The highest BCUT2D eigenvalue weighted by atomic mass is 16.6. The van der Waals surface area contributed by atoms with Crippen LogP contribution in [0, 0.1) is 5.92 Å². The topological polar surface area (TPSA) is 119 Å². The third kappa shape index (κ3) is 2.35. The number of aliphatic hydroxyl groups excluding tert-OH is 1. The first-order valence-corrected chi connectivity index (χ1v) is 6.13. The van der Waals surface area contributed by atoms with Gasteiger partial charge < -0.3 is 24.4 Å². The van der Waals surface area contributed by atoms with E-state index in [0.717, 1.165) is 13.8 Å². The van der Waals surface area contributed by atoms with Gasteiger partial charge in [0.2, 0.25) is 0 Å². The van der Waals surface area contributed by atoms with Gasteiger partial charge in [-0.05, 0) is 6.92 Å². The van der Waals surface area contributed by atoms with Crippen molar-refractivity contribution in [1.82, 2.24) is 0 Å². The Balaban J connectivity index is 2.27. The Hall–Kier alpha value is -1.35. The number of ether oxygens (including phenoxy) is 3. The minimum Gasteiger partial charge on any atom is -0.393 e. The first-order chi connectivity index (χ1) is 9.27. The van der Waals surface area contributed by atoms with Crippen molar-refractivity contribution in [2.75, 3.05) is 13.2 Å². The van der Waals surface area contributed by atoms with Gasteiger partial charge in [0.15, 0.2) is 0 Å². The zero-order valence-electron chi connectivity index (χ0n) is 11.1. The molecule has 1 unspecified atom stereocenters. The summed E-state index contributed by atoms with van der Waals surface area (Å²) in [5, 5.41) is 20.2. The van der Waals surface area contributed by atoms with Crippen molar-refractivity contribution >= 4 is 17.7 Å². The van der Waals surface area contributed by atoms with Gasteiger partial charge in [-0.15, -0.1) is 0 Å². The van der Waals surface area contributed by atoms with Crippen LogP contribution in [0.1, 0.15) is 13.8 Å². The zero-order chi connectivity index (χ0) is 15.1. The Labute approximate surface area is 114 Å². The highest BCUT2D eigenvalue weighted by Crippen LogP contribution is 2.39. The van der Waals surface area contributed by atoms with Crippen molar-refractivity contribution < 1.29 is 38.8 Å². The molecule has 2 saturated heterocycles. The lowest BCUT2D eigenvalue weighted by Gasteiger charge is -2.31. The predicted molar refractivity (Wildman–Crippen MR) is 61.4 cm³/mol. The van der Waals surface area contributed by atoms with Crippen LogP contribution in [-0.2, 0) is 28.6 Å². The van der Waals surface area contributed by atoms with E-state index in [1.54, 1.807) is 0 Å². The number of Topliss-reactive ketones (excluding diaryl/α,β-unsaturated/α-hetero) is 1. The van der Waals surface area contributed by atoms with Crippen molar-refractivity contribution in [3.05, 3.63) is 0 Å². The molecule has 0 aromatic rings. The fourth-order valence-corrected chi connectivity index (χ4v) is 2.70. The van der Waals surface area contributed by atoms with E-state index in [1.807, 2.05) is 0 Å². The predicted octanol–water partition coefficient (Wildman–Crippen LogP) is -1.83. The standard InChI is InChI=1S/C12H16O8/c1-5(13)8(11(16)20-6(2)14)12(17)4-19-9-7(15)3-18-10(9)12/h7-10,15,17H,3-4H2,1-2H3/t7-,8?,9-,10+,12+/m1/s1. The van der Waals surface area contributed by atoms with E-state index in [4.69, 9.17) is 9.47 Å². The van der Waals surface area contributed by atoms with Gasteiger partial charge in [0.25, 0.3) is 0 Å². The molecule has 0 aromatic carbocycles. The average Bonchev–Trinajstić information content (AvgIpc) is 2.81. The number of carbonyl (C=O) groups excluding carboxylic acids is 3. The second kappa shape index (κ2) is 5.21. The Morgan fingerprint density at radius 3 is 2.50 bits per heavy atom. The van der Waals surface area contributed by atoms with Gasteiger partial charge in [0.05, 0.1) is 13.2 Å². The quantitative estimate of drug-likeness (QED) is 0.460. The molecule has 8 nitrogen and oxygen atoms in total. The van der Waals surface area contributed by atoms with Gasteiger partial charge >= 0.3 is 11.9 Å². The van der Waals surface area contributed by atoms with Crippen LogP contribution in [0.4, 0.5) is 0 Å². The number of rotatable bonds is 3. The van der Waals surface area contributed by atoms with Crippen LogP contribution < -0.4 is 0 Å². The van der Waals surface area contributed by atoms with Gasteiger partial charge in [-0.2, -0.15) is 0 Å². The van der Waals surface area contributed by atoms with E-state index in [2.05, 4.69) is 4.74 Å². The van der Waals surface area contributed by atoms with E-state index in [9.17, 15) is 24.6 Å². The Morgan fingerprint density at radius 2 is 1.95 bits per heavy atom. The molecule has 0 aromatic heterocycles. The van der Waals surface area contributed by atoms with Crippen LogP contribution >= 0.6 is 0 Å². The number of fused-ring (bicyclic) bond motifs is 1. The number of ketones is 1. The Bertz CT molecular complexity index is 447. The number of carbonyl (C=O) groups is 3. The van der Waals surface area contributed by atoms with Gasteiger partial charge in [-0.1, -0.05) is 0 Å². The van der Waals surface area contributed by atoms with Crippen LogP contribution in [-0.4, -0.2) is 65.1 Å². The fraction of sp³-hybridized carbons (Fsp3) is 0.750. The van der Waals surface area contributed by atoms with Gasteiger partial charge in [-0.3, -0.25) is 14.4 Å². The van der Waals surface area contributed by atoms with Crippen molar-refractivity contribution in [2.45, 2.75) is 37.8 Å². The molecule has 20 heavy (non-hydrogen) atoms. The molecule has 0 bridgehead atoms. The van der Waals surface area contributed by atoms with Gasteiger partial charge in [-0.25, -0.2) is 0 Å². The maximum absolute atomic E-state index is 11.9. The van der Waals surface area contributed by atoms with E-state index >= 15 is 0 Å². The molecule has 0 saturated carbocycles. The molecule has 5 atom stereocenters. The van der Waals surface area contributed by atoms with Crippen molar-refractivity contribution in [1.29, 1.82) is 0 Å². The second-order valence-electron chi connectivity index (χ2n) is 5.04. The van der Waals surface area contributed by atoms with Crippen molar-refractivity contribution in [3.8, 4) is 0 Å². The molecule has 2 fully saturated rings. The SMILES string of the molecule is CC(=O)OC(=O)C(C(C)=O)[C@@]1(O)CO[C@@H]2[C@H](O)CO[C@@H]21. The van der Waals surface area contributed by atoms with E-state index < -0.39 is 47.6 Å². The summed E-state index contributed by atoms with van der Waals surface area (Å²) in [5.41, 5.74) is -1.96. The molecular weight excluding hydrogens is 272 g/mol. The number of aliphatic hydroxyl groups is 2. The molecule has 2 aliphatic heterocycles. The largest absolute Gasteiger partial charge is 0.393 e. The first-order valence-electron chi connectivity index (χ1n) is 6.13. The van der Waals surface area contributed by atoms with Gasteiger partial charge in [0, 0.05) is 6.92 Å². The summed E-state index contributed by atoms with van der Waals surface area (Å²) < 4.78 is 14.8. The lowest BCUT2D eigenvalue weighted by molar-refractivity contribution is -0.175.